The Morgan fingerprint density at radius 1 is 1.05 bits per heavy atom. The van der Waals surface area contributed by atoms with Crippen molar-refractivity contribution in [1.29, 1.82) is 0 Å². The number of hydrogen-bond donors (Lipinski definition) is 0. The molecule has 0 bridgehead atoms. The number of rotatable bonds is 1. The van der Waals surface area contributed by atoms with Crippen LogP contribution >= 0.6 is 11.6 Å². The normalized spacial score (nSPS) is 12.4. The molecule has 2 aromatic carbocycles. The number of aromatic nitrogens is 2. The molecule has 0 unspecified atom stereocenters. The minimum Gasteiger partial charge on any atom is -0.288 e. The number of aryl methyl sites for hydroxylation is 1. The molecule has 1 heterocycles. The monoisotopic (exact) mass is 294 g/mol. The lowest BCUT2D eigenvalue weighted by molar-refractivity contribution is 0.104. The van der Waals surface area contributed by atoms with Crippen LogP contribution in [0.4, 0.5) is 0 Å². The van der Waals surface area contributed by atoms with E-state index in [2.05, 4.69) is 5.10 Å². The summed E-state index contributed by atoms with van der Waals surface area (Å²) in [7, 11) is 1.86. The van der Waals surface area contributed by atoms with Gasteiger partial charge in [0, 0.05) is 28.8 Å². The molecule has 0 amide bonds. The summed E-state index contributed by atoms with van der Waals surface area (Å²) in [6.07, 6.45) is 0. The number of benzene rings is 2. The maximum atomic E-state index is 12.7. The molecular formula is C17H11ClN2O. The van der Waals surface area contributed by atoms with Gasteiger partial charge in [-0.1, -0.05) is 48.0 Å². The van der Waals surface area contributed by atoms with Gasteiger partial charge in [-0.25, -0.2) is 0 Å². The molecule has 0 aliphatic heterocycles. The molecule has 3 aromatic rings. The molecule has 0 fully saturated rings. The Hall–Kier alpha value is -2.39. The fourth-order valence-electron chi connectivity index (χ4n) is 2.91. The quantitative estimate of drug-likeness (QED) is 0.533. The van der Waals surface area contributed by atoms with Gasteiger partial charge in [-0.15, -0.1) is 0 Å². The van der Waals surface area contributed by atoms with Crippen LogP contribution in [0.1, 0.15) is 15.9 Å². The van der Waals surface area contributed by atoms with Crippen molar-refractivity contribution in [1.82, 2.24) is 9.78 Å². The molecule has 0 saturated carbocycles. The van der Waals surface area contributed by atoms with E-state index in [0.717, 1.165) is 22.4 Å². The van der Waals surface area contributed by atoms with Crippen LogP contribution in [0.3, 0.4) is 0 Å². The number of hydrogen-bond acceptors (Lipinski definition) is 2. The summed E-state index contributed by atoms with van der Waals surface area (Å²) >= 11 is 6.06. The van der Waals surface area contributed by atoms with E-state index in [1.807, 2.05) is 55.6 Å². The first-order chi connectivity index (χ1) is 10.2. The van der Waals surface area contributed by atoms with E-state index in [1.165, 1.54) is 0 Å². The third-order valence-electron chi connectivity index (χ3n) is 3.80. The molecule has 0 spiro atoms. The number of halogens is 1. The summed E-state index contributed by atoms with van der Waals surface area (Å²) in [4.78, 5) is 12.7. The average molecular weight is 295 g/mol. The van der Waals surface area contributed by atoms with Crippen molar-refractivity contribution in [2.45, 2.75) is 0 Å². The highest BCUT2D eigenvalue weighted by Crippen LogP contribution is 2.41. The summed E-state index contributed by atoms with van der Waals surface area (Å²) in [5.41, 5.74) is 4.79. The number of fused-ring (bicyclic) bond motifs is 3. The second-order valence-electron chi connectivity index (χ2n) is 5.08. The molecule has 1 aliphatic rings. The Kier molecular flexibility index (Phi) is 2.53. The Morgan fingerprint density at radius 3 is 2.57 bits per heavy atom. The summed E-state index contributed by atoms with van der Waals surface area (Å²) in [5.74, 6) is 0.0312. The second-order valence-corrected chi connectivity index (χ2v) is 5.52. The zero-order valence-corrected chi connectivity index (χ0v) is 12.1. The molecule has 1 aliphatic carbocycles. The molecule has 4 heteroatoms. The Labute approximate surface area is 126 Å². The van der Waals surface area contributed by atoms with E-state index in [1.54, 1.807) is 4.68 Å². The smallest absolute Gasteiger partial charge is 0.198 e. The van der Waals surface area contributed by atoms with E-state index in [-0.39, 0.29) is 5.78 Å². The van der Waals surface area contributed by atoms with Crippen LogP contribution < -0.4 is 0 Å². The lowest BCUT2D eigenvalue weighted by atomic mass is 10.0. The molecular weight excluding hydrogens is 284 g/mol. The third-order valence-corrected chi connectivity index (χ3v) is 4.03. The number of nitrogens with zero attached hydrogens (tertiary/aromatic N) is 2. The Balaban J connectivity index is 2.02. The van der Waals surface area contributed by atoms with Gasteiger partial charge in [-0.3, -0.25) is 9.48 Å². The Bertz CT molecular complexity index is 896. The largest absolute Gasteiger partial charge is 0.288 e. The molecule has 3 nitrogen and oxygen atoms in total. The summed E-state index contributed by atoms with van der Waals surface area (Å²) in [5, 5.41) is 5.16. The molecule has 0 N–H and O–H groups in total. The fraction of sp³-hybridized carbons (Fsp3) is 0.0588. The van der Waals surface area contributed by atoms with Crippen molar-refractivity contribution >= 4 is 17.4 Å². The van der Waals surface area contributed by atoms with Gasteiger partial charge in [-0.05, 0) is 12.1 Å². The molecule has 0 atom stereocenters. The van der Waals surface area contributed by atoms with Crippen molar-refractivity contribution in [2.24, 2.45) is 7.05 Å². The fourth-order valence-corrected chi connectivity index (χ4v) is 3.10. The Morgan fingerprint density at radius 2 is 1.81 bits per heavy atom. The minimum atomic E-state index is 0.0312. The molecule has 102 valence electrons. The van der Waals surface area contributed by atoms with Gasteiger partial charge in [0.15, 0.2) is 5.78 Å². The van der Waals surface area contributed by atoms with Gasteiger partial charge in [0.25, 0.3) is 0 Å². The average Bonchev–Trinajstić information content (AvgIpc) is 2.97. The van der Waals surface area contributed by atoms with E-state index in [4.69, 9.17) is 11.6 Å². The van der Waals surface area contributed by atoms with Crippen LogP contribution in [0.25, 0.3) is 22.5 Å². The zero-order chi connectivity index (χ0) is 14.6. The van der Waals surface area contributed by atoms with Crippen molar-refractivity contribution in [2.75, 3.05) is 0 Å². The van der Waals surface area contributed by atoms with E-state index in [9.17, 15) is 4.79 Å². The first-order valence-corrected chi connectivity index (χ1v) is 7.01. The molecule has 21 heavy (non-hydrogen) atoms. The van der Waals surface area contributed by atoms with Crippen LogP contribution in [-0.2, 0) is 7.05 Å². The maximum Gasteiger partial charge on any atom is 0.198 e. The molecule has 0 radical (unpaired) electrons. The highest BCUT2D eigenvalue weighted by atomic mass is 35.5. The van der Waals surface area contributed by atoms with Gasteiger partial charge in [0.05, 0.1) is 11.3 Å². The van der Waals surface area contributed by atoms with Crippen LogP contribution in [-0.4, -0.2) is 15.6 Å². The van der Waals surface area contributed by atoms with Crippen molar-refractivity contribution in [3.63, 3.8) is 0 Å². The summed E-state index contributed by atoms with van der Waals surface area (Å²) < 4.78 is 1.77. The summed E-state index contributed by atoms with van der Waals surface area (Å²) in [6.45, 7) is 0. The zero-order valence-electron chi connectivity index (χ0n) is 11.3. The second kappa shape index (κ2) is 4.30. The molecule has 1 aromatic heterocycles. The highest BCUT2D eigenvalue weighted by molar-refractivity contribution is 6.31. The van der Waals surface area contributed by atoms with E-state index in [0.29, 0.717) is 16.3 Å². The standard InChI is InChI=1S/C17H11ClN2O/c1-20-16-12-7-2-3-8-13(12)17(21)14(16)15(19-20)10-5-4-6-11(18)9-10/h2-9H,1H3. The minimum absolute atomic E-state index is 0.0312. The van der Waals surface area contributed by atoms with Crippen LogP contribution in [0.5, 0.6) is 0 Å². The third kappa shape index (κ3) is 1.68. The number of carbonyl (C=O) groups excluding carboxylic acids is 1. The lowest BCUT2D eigenvalue weighted by Gasteiger charge is -2.01. The van der Waals surface area contributed by atoms with Gasteiger partial charge in [-0.2, -0.15) is 5.10 Å². The molecule has 4 rings (SSSR count). The summed E-state index contributed by atoms with van der Waals surface area (Å²) in [6, 6.07) is 15.1. The van der Waals surface area contributed by atoms with Crippen molar-refractivity contribution < 1.29 is 4.79 Å². The van der Waals surface area contributed by atoms with Gasteiger partial charge in [0.2, 0.25) is 0 Å². The van der Waals surface area contributed by atoms with Gasteiger partial charge >= 0.3 is 0 Å². The molecule has 0 saturated heterocycles. The maximum absolute atomic E-state index is 12.7. The lowest BCUT2D eigenvalue weighted by Crippen LogP contribution is -1.98. The van der Waals surface area contributed by atoms with Crippen LogP contribution in [0.15, 0.2) is 48.5 Å². The van der Waals surface area contributed by atoms with E-state index < -0.39 is 0 Å². The van der Waals surface area contributed by atoms with Gasteiger partial charge in [0.1, 0.15) is 5.69 Å². The SMILES string of the molecule is Cn1nc(-c2cccc(Cl)c2)c2c1-c1ccccc1C2=O. The topological polar surface area (TPSA) is 34.9 Å². The first kappa shape index (κ1) is 12.4. The van der Waals surface area contributed by atoms with Crippen molar-refractivity contribution in [3.05, 3.63) is 64.7 Å². The van der Waals surface area contributed by atoms with Crippen LogP contribution in [0, 0.1) is 0 Å². The predicted molar refractivity (Wildman–Crippen MR) is 82.5 cm³/mol. The van der Waals surface area contributed by atoms with Gasteiger partial charge < -0.3 is 0 Å². The van der Waals surface area contributed by atoms with Crippen LogP contribution in [0.2, 0.25) is 5.02 Å². The number of carbonyl (C=O) groups is 1. The predicted octanol–water partition coefficient (Wildman–Crippen LogP) is 3.95. The van der Waals surface area contributed by atoms with E-state index >= 15 is 0 Å². The number of ketones is 1. The van der Waals surface area contributed by atoms with Crippen molar-refractivity contribution in [3.8, 4) is 22.5 Å². The highest BCUT2D eigenvalue weighted by Gasteiger charge is 2.33. The first-order valence-electron chi connectivity index (χ1n) is 6.64.